The number of rotatable bonds is 2. The van der Waals surface area contributed by atoms with Crippen LogP contribution in [-0.4, -0.2) is 4.92 Å². The van der Waals surface area contributed by atoms with Crippen LogP contribution in [0.3, 0.4) is 0 Å². The predicted octanol–water partition coefficient (Wildman–Crippen LogP) is 2.61. The maximum absolute atomic E-state index is 10.0. The van der Waals surface area contributed by atoms with Crippen LogP contribution in [0.5, 0.6) is 0 Å². The van der Waals surface area contributed by atoms with Gasteiger partial charge in [-0.05, 0) is 25.5 Å². The summed E-state index contributed by atoms with van der Waals surface area (Å²) in [4.78, 5) is 11.9. The fourth-order valence-corrected chi connectivity index (χ4v) is 1.87. The minimum absolute atomic E-state index is 0.452. The Bertz CT molecular complexity index is 328. The second kappa shape index (κ2) is 3.49. The molecule has 1 rings (SSSR count). The van der Waals surface area contributed by atoms with Gasteiger partial charge in [0.2, 0.25) is 6.20 Å². The van der Waals surface area contributed by atoms with Gasteiger partial charge in [0.1, 0.15) is 0 Å². The van der Waals surface area contributed by atoms with Crippen molar-refractivity contribution in [1.29, 1.82) is 0 Å². The topological polar surface area (TPSA) is 43.1 Å². The molecule has 0 radical (unpaired) electrons. The SMILES string of the molecule is Cc1cc(C=C[N+](=O)[O-])c(C)s1. The maximum Gasteiger partial charge on any atom is 0.235 e. The molecule has 0 saturated carbocycles. The first kappa shape index (κ1) is 8.93. The van der Waals surface area contributed by atoms with Gasteiger partial charge in [-0.3, -0.25) is 10.1 Å². The molecule has 0 aromatic carbocycles. The van der Waals surface area contributed by atoms with Crippen molar-refractivity contribution in [2.24, 2.45) is 0 Å². The molecule has 1 heterocycles. The van der Waals surface area contributed by atoms with E-state index in [-0.39, 0.29) is 0 Å². The predicted molar refractivity (Wildman–Crippen MR) is 49.8 cm³/mol. The molecule has 0 bridgehead atoms. The van der Waals surface area contributed by atoms with Crippen molar-refractivity contribution in [3.63, 3.8) is 0 Å². The molecule has 4 heteroatoms. The van der Waals surface area contributed by atoms with E-state index in [9.17, 15) is 10.1 Å². The van der Waals surface area contributed by atoms with Crippen molar-refractivity contribution >= 4 is 17.4 Å². The summed E-state index contributed by atoms with van der Waals surface area (Å²) in [6, 6.07) is 1.94. The molecular formula is C8H9NO2S. The van der Waals surface area contributed by atoms with Crippen molar-refractivity contribution < 1.29 is 4.92 Å². The Morgan fingerprint density at radius 3 is 2.67 bits per heavy atom. The highest BCUT2D eigenvalue weighted by atomic mass is 32.1. The monoisotopic (exact) mass is 183 g/mol. The first-order valence-electron chi connectivity index (χ1n) is 3.48. The summed E-state index contributed by atoms with van der Waals surface area (Å²) in [6.45, 7) is 3.94. The van der Waals surface area contributed by atoms with E-state index in [1.807, 2.05) is 19.9 Å². The van der Waals surface area contributed by atoms with Crippen LogP contribution in [0, 0.1) is 24.0 Å². The first-order chi connectivity index (χ1) is 5.59. The molecule has 0 unspecified atom stereocenters. The van der Waals surface area contributed by atoms with Crippen LogP contribution in [0.15, 0.2) is 12.3 Å². The second-order valence-corrected chi connectivity index (χ2v) is 3.93. The van der Waals surface area contributed by atoms with E-state index in [1.165, 1.54) is 11.0 Å². The van der Waals surface area contributed by atoms with Gasteiger partial charge >= 0.3 is 0 Å². The van der Waals surface area contributed by atoms with E-state index in [0.29, 0.717) is 0 Å². The van der Waals surface area contributed by atoms with Gasteiger partial charge in [-0.25, -0.2) is 0 Å². The summed E-state index contributed by atoms with van der Waals surface area (Å²) < 4.78 is 0. The van der Waals surface area contributed by atoms with Crippen LogP contribution in [0.4, 0.5) is 0 Å². The minimum Gasteiger partial charge on any atom is -0.259 e. The lowest BCUT2D eigenvalue weighted by Crippen LogP contribution is -1.81. The molecule has 1 aromatic rings. The molecule has 0 saturated heterocycles. The van der Waals surface area contributed by atoms with E-state index in [1.54, 1.807) is 11.3 Å². The maximum atomic E-state index is 10.0. The summed E-state index contributed by atoms with van der Waals surface area (Å²) >= 11 is 1.65. The molecule has 0 fully saturated rings. The quantitative estimate of drug-likeness (QED) is 0.522. The van der Waals surface area contributed by atoms with Crippen molar-refractivity contribution in [2.75, 3.05) is 0 Å². The number of nitro groups is 1. The zero-order chi connectivity index (χ0) is 9.14. The van der Waals surface area contributed by atoms with Gasteiger partial charge in [0.05, 0.1) is 4.92 Å². The summed E-state index contributed by atoms with van der Waals surface area (Å²) in [7, 11) is 0. The lowest BCUT2D eigenvalue weighted by atomic mass is 10.2. The molecule has 0 atom stereocenters. The van der Waals surface area contributed by atoms with Crippen LogP contribution in [-0.2, 0) is 0 Å². The van der Waals surface area contributed by atoms with E-state index in [0.717, 1.165) is 16.6 Å². The second-order valence-electron chi connectivity index (χ2n) is 2.47. The highest BCUT2D eigenvalue weighted by molar-refractivity contribution is 7.12. The Morgan fingerprint density at radius 2 is 2.25 bits per heavy atom. The van der Waals surface area contributed by atoms with Crippen LogP contribution < -0.4 is 0 Å². The summed E-state index contributed by atoms with van der Waals surface area (Å²) in [6.07, 6.45) is 2.49. The molecule has 0 spiro atoms. The minimum atomic E-state index is -0.452. The molecule has 0 aliphatic heterocycles. The van der Waals surface area contributed by atoms with E-state index < -0.39 is 4.92 Å². The highest BCUT2D eigenvalue weighted by Crippen LogP contribution is 2.21. The number of aryl methyl sites for hydroxylation is 2. The molecule has 1 aromatic heterocycles. The van der Waals surface area contributed by atoms with Crippen molar-refractivity contribution in [3.8, 4) is 0 Å². The van der Waals surface area contributed by atoms with Gasteiger partial charge in [-0.2, -0.15) is 0 Å². The fraction of sp³-hybridized carbons (Fsp3) is 0.250. The van der Waals surface area contributed by atoms with Crippen LogP contribution >= 0.6 is 11.3 Å². The lowest BCUT2D eigenvalue weighted by molar-refractivity contribution is -0.400. The van der Waals surface area contributed by atoms with Gasteiger partial charge in [0.25, 0.3) is 0 Å². The first-order valence-corrected chi connectivity index (χ1v) is 4.30. The van der Waals surface area contributed by atoms with Crippen LogP contribution in [0.25, 0.3) is 6.08 Å². The molecule has 0 amide bonds. The smallest absolute Gasteiger partial charge is 0.235 e. The molecule has 64 valence electrons. The van der Waals surface area contributed by atoms with E-state index in [2.05, 4.69) is 0 Å². The Hall–Kier alpha value is -1.16. The summed E-state index contributed by atoms with van der Waals surface area (Å²) in [5.41, 5.74) is 0.939. The zero-order valence-electron chi connectivity index (χ0n) is 6.90. The van der Waals surface area contributed by atoms with Crippen LogP contribution in [0.2, 0.25) is 0 Å². The summed E-state index contributed by atoms with van der Waals surface area (Å²) in [5.74, 6) is 0. The normalized spacial score (nSPS) is 10.8. The fourth-order valence-electron chi connectivity index (χ4n) is 0.957. The molecule has 12 heavy (non-hydrogen) atoms. The third-order valence-electron chi connectivity index (χ3n) is 1.46. The lowest BCUT2D eigenvalue weighted by Gasteiger charge is -1.84. The average Bonchev–Trinajstić information content (AvgIpc) is 2.26. The molecule has 0 aliphatic rings. The van der Waals surface area contributed by atoms with Crippen molar-refractivity contribution in [1.82, 2.24) is 0 Å². The molecule has 0 aliphatic carbocycles. The highest BCUT2D eigenvalue weighted by Gasteiger charge is 1.99. The number of nitrogens with zero attached hydrogens (tertiary/aromatic N) is 1. The van der Waals surface area contributed by atoms with Gasteiger partial charge in [-0.15, -0.1) is 11.3 Å². The van der Waals surface area contributed by atoms with Crippen molar-refractivity contribution in [3.05, 3.63) is 37.7 Å². The van der Waals surface area contributed by atoms with E-state index in [4.69, 9.17) is 0 Å². The Morgan fingerprint density at radius 1 is 1.58 bits per heavy atom. The van der Waals surface area contributed by atoms with Gasteiger partial charge in [0, 0.05) is 15.8 Å². The molecular weight excluding hydrogens is 174 g/mol. The number of hydrogen-bond acceptors (Lipinski definition) is 3. The molecule has 0 N–H and O–H groups in total. The number of thiophene rings is 1. The Balaban J connectivity index is 2.89. The van der Waals surface area contributed by atoms with Crippen LogP contribution in [0.1, 0.15) is 15.3 Å². The average molecular weight is 183 g/mol. The molecule has 3 nitrogen and oxygen atoms in total. The van der Waals surface area contributed by atoms with Gasteiger partial charge in [0.15, 0.2) is 0 Å². The van der Waals surface area contributed by atoms with Gasteiger partial charge < -0.3 is 0 Å². The summed E-state index contributed by atoms with van der Waals surface area (Å²) in [5, 5.41) is 10.0. The Kier molecular flexibility index (Phi) is 2.60. The Labute approximate surface area is 74.5 Å². The van der Waals surface area contributed by atoms with E-state index >= 15 is 0 Å². The van der Waals surface area contributed by atoms with Gasteiger partial charge in [-0.1, -0.05) is 0 Å². The number of hydrogen-bond donors (Lipinski definition) is 0. The zero-order valence-corrected chi connectivity index (χ0v) is 7.72. The largest absolute Gasteiger partial charge is 0.259 e. The third-order valence-corrected chi connectivity index (χ3v) is 2.44. The van der Waals surface area contributed by atoms with Crippen molar-refractivity contribution in [2.45, 2.75) is 13.8 Å². The standard InChI is InChI=1S/C8H9NO2S/c1-6-5-8(7(2)12-6)3-4-9(10)11/h3-5H,1-2H3. The third kappa shape index (κ3) is 2.17.